The molecule has 0 saturated carbocycles. The zero-order valence-electron chi connectivity index (χ0n) is 19.9. The van der Waals surface area contributed by atoms with Gasteiger partial charge in [0.25, 0.3) is 0 Å². The van der Waals surface area contributed by atoms with Crippen molar-refractivity contribution in [2.45, 2.75) is 53.4 Å². The summed E-state index contributed by atoms with van der Waals surface area (Å²) in [6.45, 7) is 11.8. The maximum Gasteiger partial charge on any atom is 0.340 e. The summed E-state index contributed by atoms with van der Waals surface area (Å²) in [6, 6.07) is 9.55. The number of carbonyl (C=O) groups excluding carboxylic acids is 2. The van der Waals surface area contributed by atoms with E-state index in [0.29, 0.717) is 22.6 Å². The molecule has 3 rings (SSSR count). The number of carbonyl (C=O) groups is 2. The largest absolute Gasteiger partial charge is 0.462 e. The Balaban J connectivity index is 2.52. The van der Waals surface area contributed by atoms with E-state index in [-0.39, 0.29) is 36.2 Å². The molecule has 3 aromatic rings. The zero-order valence-corrected chi connectivity index (χ0v) is 21.4. The molecule has 1 aromatic carbocycles. The van der Waals surface area contributed by atoms with E-state index in [0.717, 1.165) is 15.4 Å². The molecule has 0 unspecified atom stereocenters. The molecule has 2 heterocycles. The van der Waals surface area contributed by atoms with E-state index >= 15 is 0 Å². The molecule has 33 heavy (non-hydrogen) atoms. The number of fused-ring (bicyclic) bond motifs is 1. The molecule has 0 radical (unpaired) electrons. The number of nitrogens with zero attached hydrogens (tertiary/aromatic N) is 2. The van der Waals surface area contributed by atoms with Crippen molar-refractivity contribution < 1.29 is 19.1 Å². The third-order valence-electron chi connectivity index (χ3n) is 5.23. The van der Waals surface area contributed by atoms with E-state index in [1.807, 2.05) is 58.0 Å². The van der Waals surface area contributed by atoms with Gasteiger partial charge in [0.2, 0.25) is 0 Å². The maximum atomic E-state index is 13.3. The van der Waals surface area contributed by atoms with Crippen molar-refractivity contribution in [2.24, 2.45) is 0 Å². The summed E-state index contributed by atoms with van der Waals surface area (Å²) in [5.74, 6) is -1.22. The van der Waals surface area contributed by atoms with Crippen LogP contribution in [0.15, 0.2) is 34.8 Å². The van der Waals surface area contributed by atoms with Gasteiger partial charge in [0.15, 0.2) is 0 Å². The van der Waals surface area contributed by atoms with E-state index in [2.05, 4.69) is 15.9 Å². The average Bonchev–Trinajstić information content (AvgIpc) is 2.77. The summed E-state index contributed by atoms with van der Waals surface area (Å²) in [5, 5.41) is 0.936. The SMILES string of the molecule is CCOC(=O)c1c(C(C)C)nc(C(C)C)c(C(=O)OCC)c1-c1ccc2cccc(Br)c2n1. The second-order valence-electron chi connectivity index (χ2n) is 8.27. The van der Waals surface area contributed by atoms with Crippen molar-refractivity contribution in [2.75, 3.05) is 13.2 Å². The highest BCUT2D eigenvalue weighted by Gasteiger charge is 2.32. The molecule has 174 valence electrons. The highest BCUT2D eigenvalue weighted by molar-refractivity contribution is 9.10. The highest BCUT2D eigenvalue weighted by atomic mass is 79.9. The number of rotatable bonds is 7. The van der Waals surface area contributed by atoms with Gasteiger partial charge in [-0.2, -0.15) is 0 Å². The summed E-state index contributed by atoms with van der Waals surface area (Å²) in [7, 11) is 0. The van der Waals surface area contributed by atoms with E-state index in [4.69, 9.17) is 19.4 Å². The fourth-order valence-electron chi connectivity index (χ4n) is 3.78. The maximum absolute atomic E-state index is 13.3. The first-order valence-corrected chi connectivity index (χ1v) is 12.0. The normalized spacial score (nSPS) is 11.3. The molecule has 0 aliphatic rings. The highest BCUT2D eigenvalue weighted by Crippen LogP contribution is 2.38. The number of hydrogen-bond donors (Lipinski definition) is 0. The van der Waals surface area contributed by atoms with Gasteiger partial charge in [-0.1, -0.05) is 45.9 Å². The minimum atomic E-state index is -0.529. The van der Waals surface area contributed by atoms with Crippen LogP contribution in [0, 0.1) is 0 Å². The molecule has 0 amide bonds. The van der Waals surface area contributed by atoms with Crippen LogP contribution >= 0.6 is 15.9 Å². The number of aromatic nitrogens is 2. The topological polar surface area (TPSA) is 78.4 Å². The van der Waals surface area contributed by atoms with E-state index < -0.39 is 11.9 Å². The second kappa shape index (κ2) is 10.4. The van der Waals surface area contributed by atoms with Crippen LogP contribution in [0.2, 0.25) is 0 Å². The number of halogens is 1. The van der Waals surface area contributed by atoms with E-state index in [9.17, 15) is 9.59 Å². The van der Waals surface area contributed by atoms with Gasteiger partial charge < -0.3 is 9.47 Å². The van der Waals surface area contributed by atoms with Crippen molar-refractivity contribution in [1.82, 2.24) is 9.97 Å². The van der Waals surface area contributed by atoms with Crippen LogP contribution in [0.1, 0.15) is 85.5 Å². The lowest BCUT2D eigenvalue weighted by atomic mass is 9.88. The first kappa shape index (κ1) is 24.8. The Morgan fingerprint density at radius 1 is 0.848 bits per heavy atom. The molecule has 0 aliphatic heterocycles. The Bertz CT molecular complexity index is 1160. The van der Waals surface area contributed by atoms with Crippen LogP contribution in [-0.2, 0) is 9.47 Å². The Morgan fingerprint density at radius 3 is 1.88 bits per heavy atom. The van der Waals surface area contributed by atoms with Crippen molar-refractivity contribution in [1.29, 1.82) is 0 Å². The average molecular weight is 513 g/mol. The monoisotopic (exact) mass is 512 g/mol. The Kier molecular flexibility index (Phi) is 7.84. The summed E-state index contributed by atoms with van der Waals surface area (Å²) >= 11 is 3.57. The van der Waals surface area contributed by atoms with Crippen molar-refractivity contribution in [3.8, 4) is 11.3 Å². The third kappa shape index (κ3) is 4.93. The molecule has 0 fully saturated rings. The summed E-state index contributed by atoms with van der Waals surface area (Å²) in [4.78, 5) is 36.2. The lowest BCUT2D eigenvalue weighted by Gasteiger charge is -2.22. The van der Waals surface area contributed by atoms with Crippen LogP contribution < -0.4 is 0 Å². The standard InChI is InChI=1S/C26H29BrN2O4/c1-7-32-25(30)20-19(18-13-12-16-10-9-11-17(27)24(16)28-18)21(26(31)33-8-2)23(15(5)6)29-22(20)14(3)4/h9-15H,7-8H2,1-6H3. The molecule has 6 nitrogen and oxygen atoms in total. The van der Waals surface area contributed by atoms with Crippen LogP contribution in [0.4, 0.5) is 0 Å². The molecule has 0 atom stereocenters. The van der Waals surface area contributed by atoms with Crippen LogP contribution in [-0.4, -0.2) is 35.1 Å². The number of hydrogen-bond acceptors (Lipinski definition) is 6. The first-order valence-electron chi connectivity index (χ1n) is 11.2. The summed E-state index contributed by atoms with van der Waals surface area (Å²) in [6.07, 6.45) is 0. The van der Waals surface area contributed by atoms with Crippen LogP contribution in [0.25, 0.3) is 22.2 Å². The van der Waals surface area contributed by atoms with Gasteiger partial charge in [0.05, 0.1) is 46.9 Å². The summed E-state index contributed by atoms with van der Waals surface area (Å²) < 4.78 is 11.7. The summed E-state index contributed by atoms with van der Waals surface area (Å²) in [5.41, 5.74) is 3.31. The quantitative estimate of drug-likeness (QED) is 0.329. The third-order valence-corrected chi connectivity index (χ3v) is 5.87. The van der Waals surface area contributed by atoms with Gasteiger partial charge in [-0.05, 0) is 53.7 Å². The molecule has 0 N–H and O–H groups in total. The fraction of sp³-hybridized carbons (Fsp3) is 0.385. The van der Waals surface area contributed by atoms with E-state index in [1.165, 1.54) is 0 Å². The van der Waals surface area contributed by atoms with E-state index in [1.54, 1.807) is 13.8 Å². The second-order valence-corrected chi connectivity index (χ2v) is 9.12. The Labute approximate surface area is 202 Å². The van der Waals surface area contributed by atoms with Crippen molar-refractivity contribution in [3.05, 3.63) is 57.3 Å². The minimum absolute atomic E-state index is 0.0795. The molecular formula is C26H29BrN2O4. The van der Waals surface area contributed by atoms with Crippen LogP contribution in [0.3, 0.4) is 0 Å². The predicted octanol–water partition coefficient (Wildman–Crippen LogP) is 6.66. The Hall–Kier alpha value is -2.80. The molecule has 7 heteroatoms. The minimum Gasteiger partial charge on any atom is -0.462 e. The molecule has 0 bridgehead atoms. The first-order chi connectivity index (χ1) is 15.7. The van der Waals surface area contributed by atoms with Gasteiger partial charge in [-0.25, -0.2) is 14.6 Å². The van der Waals surface area contributed by atoms with Gasteiger partial charge in [-0.15, -0.1) is 0 Å². The fourth-order valence-corrected chi connectivity index (χ4v) is 4.25. The number of benzene rings is 1. The lowest BCUT2D eigenvalue weighted by molar-refractivity contribution is 0.0523. The smallest absolute Gasteiger partial charge is 0.340 e. The number of ether oxygens (including phenoxy) is 2. The number of para-hydroxylation sites is 1. The van der Waals surface area contributed by atoms with Crippen molar-refractivity contribution in [3.63, 3.8) is 0 Å². The predicted molar refractivity (Wildman–Crippen MR) is 133 cm³/mol. The molecule has 0 spiro atoms. The molecular weight excluding hydrogens is 484 g/mol. The number of pyridine rings is 2. The van der Waals surface area contributed by atoms with Crippen LogP contribution in [0.5, 0.6) is 0 Å². The van der Waals surface area contributed by atoms with Gasteiger partial charge in [-0.3, -0.25) is 4.98 Å². The van der Waals surface area contributed by atoms with Gasteiger partial charge in [0.1, 0.15) is 0 Å². The molecule has 0 saturated heterocycles. The number of esters is 2. The Morgan fingerprint density at radius 2 is 1.39 bits per heavy atom. The van der Waals surface area contributed by atoms with Crippen molar-refractivity contribution >= 4 is 38.8 Å². The van der Waals surface area contributed by atoms with Gasteiger partial charge in [0, 0.05) is 15.4 Å². The molecule has 2 aromatic heterocycles. The zero-order chi connectivity index (χ0) is 24.3. The molecule has 0 aliphatic carbocycles. The lowest BCUT2D eigenvalue weighted by Crippen LogP contribution is -2.21. The van der Waals surface area contributed by atoms with Gasteiger partial charge >= 0.3 is 11.9 Å².